The first-order chi connectivity index (χ1) is 4.93. The van der Waals surface area contributed by atoms with Gasteiger partial charge in [0, 0.05) is 5.25 Å². The van der Waals surface area contributed by atoms with Crippen molar-refractivity contribution in [1.82, 2.24) is 0 Å². The van der Waals surface area contributed by atoms with E-state index >= 15 is 0 Å². The standard InChI is InChI=1S/C9H17S/c1-2-3-8-10-9-6-4-5-7-9/h3,9H,2,4-8H2,1H3. The fourth-order valence-electron chi connectivity index (χ4n) is 1.38. The molecular formula is C9H17S. The van der Waals surface area contributed by atoms with Gasteiger partial charge in [0.15, 0.2) is 0 Å². The van der Waals surface area contributed by atoms with Crippen LogP contribution in [0.2, 0.25) is 0 Å². The fourth-order valence-corrected chi connectivity index (χ4v) is 2.69. The molecule has 0 saturated heterocycles. The van der Waals surface area contributed by atoms with Crippen molar-refractivity contribution < 1.29 is 0 Å². The van der Waals surface area contributed by atoms with Gasteiger partial charge < -0.3 is 0 Å². The largest absolute Gasteiger partial charge is 0.158 e. The SMILES string of the molecule is CC[CH]CSC1CCCC1. The highest BCUT2D eigenvalue weighted by atomic mass is 32.2. The smallest absolute Gasteiger partial charge is 0.00471 e. The Balaban J connectivity index is 1.91. The summed E-state index contributed by atoms with van der Waals surface area (Å²) < 4.78 is 0. The molecular weight excluding hydrogens is 140 g/mol. The van der Waals surface area contributed by atoms with Gasteiger partial charge in [-0.15, -0.1) is 0 Å². The molecule has 10 heavy (non-hydrogen) atoms. The molecule has 0 bridgehead atoms. The maximum Gasteiger partial charge on any atom is 0.00471 e. The zero-order valence-electron chi connectivity index (χ0n) is 6.81. The van der Waals surface area contributed by atoms with E-state index in [4.69, 9.17) is 0 Å². The molecule has 0 atom stereocenters. The molecule has 0 heterocycles. The molecule has 1 aliphatic rings. The van der Waals surface area contributed by atoms with Gasteiger partial charge in [-0.2, -0.15) is 11.8 Å². The normalized spacial score (nSPS) is 20.1. The maximum atomic E-state index is 2.38. The van der Waals surface area contributed by atoms with Crippen molar-refractivity contribution in [2.24, 2.45) is 0 Å². The van der Waals surface area contributed by atoms with Crippen LogP contribution in [0.1, 0.15) is 39.0 Å². The molecule has 1 aliphatic carbocycles. The molecule has 0 nitrogen and oxygen atoms in total. The Morgan fingerprint density at radius 3 is 2.70 bits per heavy atom. The molecule has 0 spiro atoms. The number of hydrogen-bond acceptors (Lipinski definition) is 1. The Labute approximate surface area is 68.8 Å². The lowest BCUT2D eigenvalue weighted by Crippen LogP contribution is -1.95. The van der Waals surface area contributed by atoms with Crippen LogP contribution in [-0.2, 0) is 0 Å². The molecule has 1 radical (unpaired) electrons. The molecule has 1 heteroatoms. The van der Waals surface area contributed by atoms with E-state index in [1.165, 1.54) is 37.9 Å². The number of rotatable bonds is 4. The highest BCUT2D eigenvalue weighted by molar-refractivity contribution is 8.00. The Morgan fingerprint density at radius 1 is 1.40 bits per heavy atom. The van der Waals surface area contributed by atoms with Crippen molar-refractivity contribution in [3.05, 3.63) is 6.42 Å². The van der Waals surface area contributed by atoms with E-state index < -0.39 is 0 Å². The maximum absolute atomic E-state index is 2.38. The topological polar surface area (TPSA) is 0 Å². The third-order valence-electron chi connectivity index (χ3n) is 2.04. The molecule has 1 saturated carbocycles. The Hall–Kier alpha value is 0.350. The van der Waals surface area contributed by atoms with Crippen molar-refractivity contribution >= 4 is 11.8 Å². The van der Waals surface area contributed by atoms with E-state index in [0.717, 1.165) is 5.25 Å². The Morgan fingerprint density at radius 2 is 2.10 bits per heavy atom. The summed E-state index contributed by atoms with van der Waals surface area (Å²) in [6, 6.07) is 0. The van der Waals surface area contributed by atoms with Crippen LogP contribution in [0.3, 0.4) is 0 Å². The highest BCUT2D eigenvalue weighted by Crippen LogP contribution is 2.29. The minimum absolute atomic E-state index is 1.00. The van der Waals surface area contributed by atoms with Gasteiger partial charge >= 0.3 is 0 Å². The predicted octanol–water partition coefficient (Wildman–Crippen LogP) is 3.28. The van der Waals surface area contributed by atoms with Crippen LogP contribution in [-0.4, -0.2) is 11.0 Å². The second-order valence-corrected chi connectivity index (χ2v) is 4.27. The van der Waals surface area contributed by atoms with E-state index in [1.807, 2.05) is 0 Å². The lowest BCUT2D eigenvalue weighted by atomic mass is 10.4. The van der Waals surface area contributed by atoms with E-state index in [9.17, 15) is 0 Å². The van der Waals surface area contributed by atoms with Gasteiger partial charge in [0.1, 0.15) is 0 Å². The first-order valence-electron chi connectivity index (χ1n) is 4.36. The van der Waals surface area contributed by atoms with Crippen molar-refractivity contribution in [2.75, 3.05) is 5.75 Å². The van der Waals surface area contributed by atoms with Gasteiger partial charge in [-0.3, -0.25) is 0 Å². The summed E-state index contributed by atoms with van der Waals surface area (Å²) in [4.78, 5) is 0. The van der Waals surface area contributed by atoms with Gasteiger partial charge in [0.2, 0.25) is 0 Å². The predicted molar refractivity (Wildman–Crippen MR) is 49.3 cm³/mol. The summed E-state index contributed by atoms with van der Waals surface area (Å²) in [6.45, 7) is 2.22. The second kappa shape index (κ2) is 5.06. The summed E-state index contributed by atoms with van der Waals surface area (Å²) in [5.74, 6) is 1.28. The van der Waals surface area contributed by atoms with Gasteiger partial charge in [-0.05, 0) is 25.0 Å². The summed E-state index contributed by atoms with van der Waals surface area (Å²) in [5, 5.41) is 1.00. The van der Waals surface area contributed by atoms with E-state index in [-0.39, 0.29) is 0 Å². The van der Waals surface area contributed by atoms with Crippen molar-refractivity contribution in [3.63, 3.8) is 0 Å². The molecule has 0 aliphatic heterocycles. The zero-order chi connectivity index (χ0) is 7.23. The van der Waals surface area contributed by atoms with Gasteiger partial charge in [-0.1, -0.05) is 26.2 Å². The van der Waals surface area contributed by atoms with Crippen LogP contribution in [0.4, 0.5) is 0 Å². The van der Waals surface area contributed by atoms with Gasteiger partial charge in [0.25, 0.3) is 0 Å². The monoisotopic (exact) mass is 157 g/mol. The quantitative estimate of drug-likeness (QED) is 0.564. The van der Waals surface area contributed by atoms with E-state index in [0.29, 0.717) is 0 Å². The summed E-state index contributed by atoms with van der Waals surface area (Å²) in [5.41, 5.74) is 0. The molecule has 1 rings (SSSR count). The van der Waals surface area contributed by atoms with Crippen LogP contribution in [0, 0.1) is 6.42 Å². The van der Waals surface area contributed by atoms with Crippen LogP contribution >= 0.6 is 11.8 Å². The van der Waals surface area contributed by atoms with Crippen LogP contribution in [0.5, 0.6) is 0 Å². The average molecular weight is 157 g/mol. The first-order valence-corrected chi connectivity index (χ1v) is 5.41. The second-order valence-electron chi connectivity index (χ2n) is 2.94. The van der Waals surface area contributed by atoms with E-state index in [1.54, 1.807) is 0 Å². The summed E-state index contributed by atoms with van der Waals surface area (Å²) >= 11 is 2.15. The highest BCUT2D eigenvalue weighted by Gasteiger charge is 2.13. The number of hydrogen-bond donors (Lipinski definition) is 0. The molecule has 0 aromatic heterocycles. The minimum Gasteiger partial charge on any atom is -0.158 e. The summed E-state index contributed by atoms with van der Waals surface area (Å²) in [6.07, 6.45) is 9.51. The molecule has 0 amide bonds. The van der Waals surface area contributed by atoms with Crippen molar-refractivity contribution in [2.45, 2.75) is 44.3 Å². The van der Waals surface area contributed by atoms with Crippen LogP contribution in [0.15, 0.2) is 0 Å². The number of thioether (sulfide) groups is 1. The molecule has 0 unspecified atom stereocenters. The van der Waals surface area contributed by atoms with Crippen molar-refractivity contribution in [3.8, 4) is 0 Å². The van der Waals surface area contributed by atoms with Gasteiger partial charge in [0.05, 0.1) is 0 Å². The number of unbranched alkanes of at least 4 members (excludes halogenated alkanes) is 1. The average Bonchev–Trinajstić information content (AvgIpc) is 2.41. The Bertz CT molecular complexity index is 74.8. The molecule has 0 aromatic rings. The lowest BCUT2D eigenvalue weighted by molar-refractivity contribution is 0.886. The van der Waals surface area contributed by atoms with Gasteiger partial charge in [-0.25, -0.2) is 0 Å². The Kier molecular flexibility index (Phi) is 4.27. The van der Waals surface area contributed by atoms with E-state index in [2.05, 4.69) is 25.1 Å². The molecule has 0 N–H and O–H groups in total. The third-order valence-corrected chi connectivity index (χ3v) is 3.41. The minimum atomic E-state index is 1.00. The molecule has 1 fully saturated rings. The molecule has 59 valence electrons. The zero-order valence-corrected chi connectivity index (χ0v) is 7.62. The van der Waals surface area contributed by atoms with Crippen LogP contribution < -0.4 is 0 Å². The van der Waals surface area contributed by atoms with Crippen LogP contribution in [0.25, 0.3) is 0 Å². The fraction of sp³-hybridized carbons (Fsp3) is 0.889. The molecule has 0 aromatic carbocycles. The summed E-state index contributed by atoms with van der Waals surface area (Å²) in [7, 11) is 0. The lowest BCUT2D eigenvalue weighted by Gasteiger charge is -2.06. The first kappa shape index (κ1) is 8.45. The van der Waals surface area contributed by atoms with Crippen molar-refractivity contribution in [1.29, 1.82) is 0 Å². The third kappa shape index (κ3) is 2.96.